The lowest BCUT2D eigenvalue weighted by atomic mass is 10.1. The van der Waals surface area contributed by atoms with Gasteiger partial charge in [0.05, 0.1) is 33.3 Å². The third-order valence-corrected chi connectivity index (χ3v) is 6.12. The number of aromatic amines is 1. The quantitative estimate of drug-likeness (QED) is 0.428. The molecule has 0 saturated carbocycles. The van der Waals surface area contributed by atoms with Gasteiger partial charge in [-0.15, -0.1) is 0 Å². The van der Waals surface area contributed by atoms with Crippen molar-refractivity contribution >= 4 is 49.8 Å². The molecule has 0 aliphatic carbocycles. The zero-order chi connectivity index (χ0) is 20.8. The molecule has 0 aliphatic heterocycles. The lowest BCUT2D eigenvalue weighted by molar-refractivity contribution is 0.609. The number of H-pyrrole nitrogens is 1. The fourth-order valence-electron chi connectivity index (χ4n) is 3.08. The number of sulfonamides is 1. The maximum absolute atomic E-state index is 12.0. The van der Waals surface area contributed by atoms with Gasteiger partial charge in [-0.2, -0.15) is 0 Å². The molecule has 4 rings (SSSR count). The van der Waals surface area contributed by atoms with Gasteiger partial charge in [-0.05, 0) is 35.9 Å². The van der Waals surface area contributed by atoms with E-state index in [1.807, 2.05) is 29.9 Å². The molecular weight excluding hydrogens is 431 g/mol. The fourth-order valence-corrected chi connectivity index (χ4v) is 3.91. The number of fused-ring (bicyclic) bond motifs is 1. The topological polar surface area (TPSA) is 79.8 Å². The predicted molar refractivity (Wildman–Crippen MR) is 119 cm³/mol. The monoisotopic (exact) mass is 446 g/mol. The molecule has 0 amide bonds. The van der Waals surface area contributed by atoms with Crippen LogP contribution in [0.4, 0.5) is 5.69 Å². The zero-order valence-corrected chi connectivity index (χ0v) is 17.6. The van der Waals surface area contributed by atoms with Crippen molar-refractivity contribution in [3.05, 3.63) is 71.0 Å². The van der Waals surface area contributed by atoms with Crippen LogP contribution in [0.25, 0.3) is 33.4 Å². The Kier molecular flexibility index (Phi) is 4.90. The molecule has 6 nitrogen and oxygen atoms in total. The normalized spacial score (nSPS) is 11.7. The van der Waals surface area contributed by atoms with Crippen molar-refractivity contribution in [3.63, 3.8) is 0 Å². The Morgan fingerprint density at radius 3 is 2.62 bits per heavy atom. The molecule has 0 saturated heterocycles. The van der Waals surface area contributed by atoms with Gasteiger partial charge >= 0.3 is 0 Å². The van der Waals surface area contributed by atoms with E-state index in [4.69, 9.17) is 23.2 Å². The molecule has 0 atom stereocenters. The first-order valence-electron chi connectivity index (χ1n) is 8.51. The average molecular weight is 447 g/mol. The number of nitrogens with zero attached hydrogens (tertiary/aromatic N) is 2. The van der Waals surface area contributed by atoms with Crippen molar-refractivity contribution < 1.29 is 8.42 Å². The number of hydrogen-bond acceptors (Lipinski definition) is 3. The molecule has 0 unspecified atom stereocenters. The fraction of sp³-hybridized carbons (Fsp3) is 0.0500. The predicted octanol–water partition coefficient (Wildman–Crippen LogP) is 5.43. The minimum Gasteiger partial charge on any atom is -0.354 e. The van der Waals surface area contributed by atoms with Crippen molar-refractivity contribution in [2.45, 2.75) is 0 Å². The molecule has 2 N–H and O–H groups in total. The van der Waals surface area contributed by atoms with Crippen LogP contribution in [0.5, 0.6) is 0 Å². The van der Waals surface area contributed by atoms with Crippen molar-refractivity contribution in [3.8, 4) is 22.5 Å². The maximum atomic E-state index is 12.0. The summed E-state index contributed by atoms with van der Waals surface area (Å²) in [5, 5.41) is 2.61. The highest BCUT2D eigenvalue weighted by molar-refractivity contribution is 7.95. The van der Waals surface area contributed by atoms with Crippen molar-refractivity contribution in [1.82, 2.24) is 14.5 Å². The number of nitrogens with one attached hydrogen (secondary N) is 2. The summed E-state index contributed by atoms with van der Waals surface area (Å²) in [5.74, 6) is 0. The summed E-state index contributed by atoms with van der Waals surface area (Å²) in [6.07, 6.45) is 3.55. The number of halogens is 2. The Morgan fingerprint density at radius 1 is 1.17 bits per heavy atom. The van der Waals surface area contributed by atoms with E-state index in [9.17, 15) is 8.42 Å². The summed E-state index contributed by atoms with van der Waals surface area (Å²) in [6.45, 7) is 3.34. The summed E-state index contributed by atoms with van der Waals surface area (Å²) < 4.78 is 28.3. The Bertz CT molecular complexity index is 1360. The van der Waals surface area contributed by atoms with Crippen LogP contribution in [0.3, 0.4) is 0 Å². The van der Waals surface area contributed by atoms with E-state index >= 15 is 0 Å². The van der Waals surface area contributed by atoms with Gasteiger partial charge in [0.1, 0.15) is 0 Å². The molecule has 2 aromatic carbocycles. The molecule has 9 heteroatoms. The van der Waals surface area contributed by atoms with Gasteiger partial charge in [0.25, 0.3) is 10.0 Å². The van der Waals surface area contributed by atoms with Gasteiger partial charge in [-0.3, -0.25) is 4.72 Å². The number of aromatic nitrogens is 3. The van der Waals surface area contributed by atoms with Crippen LogP contribution in [-0.4, -0.2) is 23.0 Å². The first-order valence-corrected chi connectivity index (χ1v) is 10.8. The molecule has 148 valence electrons. The van der Waals surface area contributed by atoms with Gasteiger partial charge in [-0.25, -0.2) is 13.4 Å². The van der Waals surface area contributed by atoms with Gasteiger partial charge in [0.15, 0.2) is 0 Å². The summed E-state index contributed by atoms with van der Waals surface area (Å²) in [7, 11) is -1.78. The molecule has 29 heavy (non-hydrogen) atoms. The smallest absolute Gasteiger partial charge is 0.254 e. The maximum Gasteiger partial charge on any atom is 0.254 e. The van der Waals surface area contributed by atoms with Crippen LogP contribution in [-0.2, 0) is 17.1 Å². The van der Waals surface area contributed by atoms with Crippen molar-refractivity contribution in [2.75, 3.05) is 4.72 Å². The lowest BCUT2D eigenvalue weighted by Gasteiger charge is -2.08. The van der Waals surface area contributed by atoms with E-state index in [1.165, 1.54) is 0 Å². The van der Waals surface area contributed by atoms with Crippen LogP contribution >= 0.6 is 23.2 Å². The van der Waals surface area contributed by atoms with Crippen molar-refractivity contribution in [1.29, 1.82) is 0 Å². The average Bonchev–Trinajstić information content (AvgIpc) is 3.29. The highest BCUT2D eigenvalue weighted by Crippen LogP contribution is 2.35. The molecule has 0 spiro atoms. The Labute approximate surface area is 177 Å². The van der Waals surface area contributed by atoms with E-state index in [0.29, 0.717) is 21.4 Å². The molecule has 4 aromatic rings. The second-order valence-corrected chi connectivity index (χ2v) is 8.98. The molecule has 2 heterocycles. The summed E-state index contributed by atoms with van der Waals surface area (Å²) in [6, 6.07) is 10.8. The molecule has 0 fully saturated rings. The van der Waals surface area contributed by atoms with E-state index < -0.39 is 10.0 Å². The zero-order valence-electron chi connectivity index (χ0n) is 15.3. The third kappa shape index (κ3) is 3.89. The highest BCUT2D eigenvalue weighted by atomic mass is 35.5. The third-order valence-electron chi connectivity index (χ3n) is 4.42. The summed E-state index contributed by atoms with van der Waals surface area (Å²) in [4.78, 5) is 7.80. The van der Waals surface area contributed by atoms with Crippen LogP contribution < -0.4 is 4.72 Å². The second-order valence-electron chi connectivity index (χ2n) is 6.54. The Balaban J connectivity index is 1.93. The van der Waals surface area contributed by atoms with Crippen LogP contribution in [0.2, 0.25) is 10.0 Å². The number of benzene rings is 2. The number of aryl methyl sites for hydroxylation is 1. The van der Waals surface area contributed by atoms with Crippen LogP contribution in [0, 0.1) is 0 Å². The number of hydrogen-bond donors (Lipinski definition) is 2. The van der Waals surface area contributed by atoms with Gasteiger partial charge < -0.3 is 9.55 Å². The van der Waals surface area contributed by atoms with Crippen LogP contribution in [0.1, 0.15) is 0 Å². The summed E-state index contributed by atoms with van der Waals surface area (Å²) >= 11 is 12.2. The Morgan fingerprint density at radius 2 is 1.97 bits per heavy atom. The van der Waals surface area contributed by atoms with Gasteiger partial charge in [0.2, 0.25) is 0 Å². The molecule has 0 aliphatic rings. The highest BCUT2D eigenvalue weighted by Gasteiger charge is 2.15. The van der Waals surface area contributed by atoms with E-state index in [-0.39, 0.29) is 0 Å². The molecular formula is C20H16Cl2N4O2S. The van der Waals surface area contributed by atoms with E-state index in [0.717, 1.165) is 33.1 Å². The Hall–Kier alpha value is -2.74. The minimum absolute atomic E-state index is 0.415. The van der Waals surface area contributed by atoms with Gasteiger partial charge in [-0.1, -0.05) is 35.8 Å². The largest absolute Gasteiger partial charge is 0.354 e. The molecule has 2 aromatic heterocycles. The first kappa shape index (κ1) is 19.6. The van der Waals surface area contributed by atoms with E-state index in [2.05, 4.69) is 21.3 Å². The first-order chi connectivity index (χ1) is 13.8. The minimum atomic E-state index is -3.64. The van der Waals surface area contributed by atoms with E-state index in [1.54, 1.807) is 30.6 Å². The van der Waals surface area contributed by atoms with Crippen molar-refractivity contribution in [2.24, 2.45) is 7.05 Å². The number of imidazole rings is 1. The molecule has 0 bridgehead atoms. The second kappa shape index (κ2) is 7.26. The molecule has 0 radical (unpaired) electrons. The van der Waals surface area contributed by atoms with Crippen LogP contribution in [0.15, 0.2) is 60.9 Å². The van der Waals surface area contributed by atoms with Gasteiger partial charge in [0, 0.05) is 35.3 Å². The number of anilines is 1. The standard InChI is InChI=1S/C20H16Cl2N4O2S/c1-3-29(27,28)25-14-6-13-8-18(12-4-5-16(21)17(22)7-12)24-20(13)15(9-14)19-10-26(2)11-23-19/h3-11,24-25H,1H2,2H3. The number of rotatable bonds is 5. The lowest BCUT2D eigenvalue weighted by Crippen LogP contribution is -2.08. The SMILES string of the molecule is C=CS(=O)(=O)Nc1cc(-c2cn(C)cn2)c2[nH]c(-c3ccc(Cl)c(Cl)c3)cc2c1. The summed E-state index contributed by atoms with van der Waals surface area (Å²) in [5.41, 5.74) is 4.38.